The summed E-state index contributed by atoms with van der Waals surface area (Å²) in [7, 11) is 1.64. The number of rotatable bonds is 4. The van der Waals surface area contributed by atoms with Crippen LogP contribution in [0.2, 0.25) is 0 Å². The van der Waals surface area contributed by atoms with Crippen molar-refractivity contribution in [3.05, 3.63) is 0 Å². The molecule has 74 valence electrons. The van der Waals surface area contributed by atoms with E-state index in [9.17, 15) is 4.79 Å². The highest BCUT2D eigenvalue weighted by molar-refractivity contribution is 6.17. The molecule has 1 amide bonds. The molecule has 3 nitrogen and oxygen atoms in total. The van der Waals surface area contributed by atoms with Gasteiger partial charge >= 0.3 is 0 Å². The molecule has 0 aliphatic rings. The lowest BCUT2D eigenvalue weighted by molar-refractivity contribution is -0.133. The minimum Gasteiger partial charge on any atom is -0.328 e. The Hall–Kier alpha value is -0.750. The van der Waals surface area contributed by atoms with Crippen molar-refractivity contribution in [1.29, 1.82) is 5.26 Å². The Morgan fingerprint density at radius 2 is 2.15 bits per heavy atom. The van der Waals surface area contributed by atoms with Crippen molar-refractivity contribution in [2.75, 3.05) is 12.9 Å². The van der Waals surface area contributed by atoms with Crippen LogP contribution in [0, 0.1) is 11.3 Å². The fraction of sp³-hybridized carbons (Fsp3) is 0.778. The fourth-order valence-corrected chi connectivity index (χ4v) is 0.906. The molecule has 0 heterocycles. The van der Waals surface area contributed by atoms with Crippen LogP contribution in [0.1, 0.15) is 26.7 Å². The molecular weight excluding hydrogens is 188 g/mol. The number of halogens is 1. The average molecular weight is 203 g/mol. The van der Waals surface area contributed by atoms with Crippen LogP contribution in [0.5, 0.6) is 0 Å². The first-order valence-corrected chi connectivity index (χ1v) is 4.73. The van der Waals surface area contributed by atoms with Gasteiger partial charge in [0, 0.05) is 19.3 Å². The first-order chi connectivity index (χ1) is 5.95. The van der Waals surface area contributed by atoms with Gasteiger partial charge in [0.2, 0.25) is 5.91 Å². The van der Waals surface area contributed by atoms with Gasteiger partial charge in [-0.2, -0.15) is 5.26 Å². The minimum absolute atomic E-state index is 0.0350. The predicted molar refractivity (Wildman–Crippen MR) is 52.4 cm³/mol. The van der Waals surface area contributed by atoms with Crippen LogP contribution in [0.25, 0.3) is 0 Å². The van der Waals surface area contributed by atoms with Crippen molar-refractivity contribution >= 4 is 17.5 Å². The molecule has 0 atom stereocenters. The van der Waals surface area contributed by atoms with Crippen molar-refractivity contribution < 1.29 is 4.79 Å². The number of carbonyl (C=O) groups excluding carboxylic acids is 1. The molecule has 0 aromatic carbocycles. The Labute approximate surface area is 84.3 Å². The number of hydrogen-bond acceptors (Lipinski definition) is 2. The average Bonchev–Trinajstić information content (AvgIpc) is 2.12. The number of hydrogen-bond donors (Lipinski definition) is 0. The van der Waals surface area contributed by atoms with Gasteiger partial charge in [0.1, 0.15) is 5.54 Å². The molecule has 0 spiro atoms. The van der Waals surface area contributed by atoms with E-state index in [1.807, 2.05) is 0 Å². The third kappa shape index (κ3) is 3.65. The Morgan fingerprint density at radius 3 is 2.54 bits per heavy atom. The standard InChI is InChI=1S/C9H15ClN2O/c1-9(2,7-11)12(3)8(13)5-4-6-10/h4-6H2,1-3H3. The molecule has 0 aromatic rings. The summed E-state index contributed by atoms with van der Waals surface area (Å²) in [4.78, 5) is 12.9. The summed E-state index contributed by atoms with van der Waals surface area (Å²) in [6, 6.07) is 2.07. The van der Waals surface area contributed by atoms with Gasteiger partial charge < -0.3 is 4.90 Å². The quantitative estimate of drug-likeness (QED) is 0.653. The summed E-state index contributed by atoms with van der Waals surface area (Å²) in [5.74, 6) is 0.444. The van der Waals surface area contributed by atoms with Crippen LogP contribution >= 0.6 is 11.6 Å². The summed E-state index contributed by atoms with van der Waals surface area (Å²) in [5.41, 5.74) is -0.733. The van der Waals surface area contributed by atoms with E-state index in [-0.39, 0.29) is 5.91 Å². The highest BCUT2D eigenvalue weighted by Gasteiger charge is 2.26. The molecule has 0 N–H and O–H groups in total. The second-order valence-corrected chi connectivity index (χ2v) is 3.79. The molecular formula is C9H15ClN2O. The fourth-order valence-electron chi connectivity index (χ4n) is 0.772. The first-order valence-electron chi connectivity index (χ1n) is 4.19. The molecule has 4 heteroatoms. The van der Waals surface area contributed by atoms with E-state index in [4.69, 9.17) is 16.9 Å². The number of nitriles is 1. The predicted octanol–water partition coefficient (Wildman–Crippen LogP) is 1.77. The van der Waals surface area contributed by atoms with Crippen molar-refractivity contribution in [3.8, 4) is 6.07 Å². The molecule has 13 heavy (non-hydrogen) atoms. The topological polar surface area (TPSA) is 44.1 Å². The molecule has 0 aliphatic heterocycles. The van der Waals surface area contributed by atoms with Gasteiger partial charge in [-0.05, 0) is 20.3 Å². The number of nitrogens with zero attached hydrogens (tertiary/aromatic N) is 2. The van der Waals surface area contributed by atoms with E-state index in [0.29, 0.717) is 18.7 Å². The van der Waals surface area contributed by atoms with Crippen LogP contribution < -0.4 is 0 Å². The summed E-state index contributed by atoms with van der Waals surface area (Å²) < 4.78 is 0. The van der Waals surface area contributed by atoms with Crippen molar-refractivity contribution in [2.45, 2.75) is 32.2 Å². The molecule has 0 saturated carbocycles. The number of carbonyl (C=O) groups is 1. The van der Waals surface area contributed by atoms with Gasteiger partial charge in [-0.3, -0.25) is 4.79 Å². The first kappa shape index (κ1) is 12.2. The normalized spacial score (nSPS) is 10.7. The van der Waals surface area contributed by atoms with Crippen molar-refractivity contribution in [2.24, 2.45) is 0 Å². The lowest BCUT2D eigenvalue weighted by Crippen LogP contribution is -2.43. The third-order valence-corrected chi connectivity index (χ3v) is 2.28. The Bertz CT molecular complexity index is 220. The van der Waals surface area contributed by atoms with Crippen molar-refractivity contribution in [1.82, 2.24) is 4.90 Å². The smallest absolute Gasteiger partial charge is 0.223 e. The molecule has 0 unspecified atom stereocenters. The maximum absolute atomic E-state index is 11.4. The van der Waals surface area contributed by atoms with E-state index >= 15 is 0 Å². The van der Waals surface area contributed by atoms with Gasteiger partial charge in [0.15, 0.2) is 0 Å². The third-order valence-electron chi connectivity index (χ3n) is 2.01. The molecule has 0 aromatic heterocycles. The molecule has 0 radical (unpaired) electrons. The zero-order chi connectivity index (χ0) is 10.5. The lowest BCUT2D eigenvalue weighted by Gasteiger charge is -2.29. The highest BCUT2D eigenvalue weighted by atomic mass is 35.5. The van der Waals surface area contributed by atoms with Crippen LogP contribution in [0.4, 0.5) is 0 Å². The van der Waals surface area contributed by atoms with E-state index < -0.39 is 5.54 Å². The van der Waals surface area contributed by atoms with E-state index in [1.54, 1.807) is 20.9 Å². The van der Waals surface area contributed by atoms with Gasteiger partial charge in [0.25, 0.3) is 0 Å². The van der Waals surface area contributed by atoms with Gasteiger partial charge in [0.05, 0.1) is 6.07 Å². The summed E-state index contributed by atoms with van der Waals surface area (Å²) >= 11 is 5.46. The minimum atomic E-state index is -0.733. The number of alkyl halides is 1. The largest absolute Gasteiger partial charge is 0.328 e. The summed E-state index contributed by atoms with van der Waals surface area (Å²) in [6.45, 7) is 3.43. The van der Waals surface area contributed by atoms with Crippen LogP contribution in [0.3, 0.4) is 0 Å². The monoisotopic (exact) mass is 202 g/mol. The van der Waals surface area contributed by atoms with E-state index in [2.05, 4.69) is 6.07 Å². The van der Waals surface area contributed by atoms with Gasteiger partial charge in [-0.25, -0.2) is 0 Å². The maximum Gasteiger partial charge on any atom is 0.223 e. The Morgan fingerprint density at radius 1 is 1.62 bits per heavy atom. The highest BCUT2D eigenvalue weighted by Crippen LogP contribution is 2.12. The maximum atomic E-state index is 11.4. The summed E-state index contributed by atoms with van der Waals surface area (Å²) in [5, 5.41) is 8.77. The zero-order valence-corrected chi connectivity index (χ0v) is 9.06. The lowest BCUT2D eigenvalue weighted by atomic mass is 10.1. The van der Waals surface area contributed by atoms with Crippen LogP contribution in [0.15, 0.2) is 0 Å². The molecule has 0 fully saturated rings. The Kier molecular flexibility index (Phi) is 4.79. The van der Waals surface area contributed by atoms with Crippen molar-refractivity contribution in [3.63, 3.8) is 0 Å². The molecule has 0 aliphatic carbocycles. The zero-order valence-electron chi connectivity index (χ0n) is 8.30. The second kappa shape index (κ2) is 5.08. The summed E-state index contributed by atoms with van der Waals surface area (Å²) in [6.07, 6.45) is 1.07. The SMILES string of the molecule is CN(C(=O)CCCCl)C(C)(C)C#N. The Balaban J connectivity index is 4.19. The van der Waals surface area contributed by atoms with Crippen LogP contribution in [-0.2, 0) is 4.79 Å². The van der Waals surface area contributed by atoms with Gasteiger partial charge in [-0.15, -0.1) is 11.6 Å². The van der Waals surface area contributed by atoms with E-state index in [1.165, 1.54) is 4.90 Å². The molecule has 0 saturated heterocycles. The van der Waals surface area contributed by atoms with E-state index in [0.717, 1.165) is 0 Å². The second-order valence-electron chi connectivity index (χ2n) is 3.42. The number of amides is 1. The molecule has 0 rings (SSSR count). The molecule has 0 bridgehead atoms. The van der Waals surface area contributed by atoms with Crippen LogP contribution in [-0.4, -0.2) is 29.3 Å². The van der Waals surface area contributed by atoms with Gasteiger partial charge in [-0.1, -0.05) is 0 Å².